The molecule has 1 aromatic heterocycles. The smallest absolute Gasteiger partial charge is 0.152 e. The molecular formula is C14H14F2N2O. The molecule has 0 atom stereocenters. The van der Waals surface area contributed by atoms with Crippen LogP contribution in [0.3, 0.4) is 0 Å². The minimum absolute atomic E-state index is 0.00781. The van der Waals surface area contributed by atoms with Gasteiger partial charge in [0, 0.05) is 5.69 Å². The molecule has 0 aliphatic rings. The van der Waals surface area contributed by atoms with Crippen LogP contribution >= 0.6 is 0 Å². The number of benzene rings is 1. The van der Waals surface area contributed by atoms with Crippen molar-refractivity contribution in [2.45, 2.75) is 20.4 Å². The lowest BCUT2D eigenvalue weighted by Crippen LogP contribution is -2.07. The molecule has 0 fully saturated rings. The minimum Gasteiger partial charge on any atom is -0.506 e. The maximum atomic E-state index is 13.8. The van der Waals surface area contributed by atoms with E-state index in [2.05, 4.69) is 10.3 Å². The van der Waals surface area contributed by atoms with E-state index in [-0.39, 0.29) is 18.0 Å². The van der Waals surface area contributed by atoms with E-state index in [4.69, 9.17) is 0 Å². The van der Waals surface area contributed by atoms with E-state index in [1.807, 2.05) is 0 Å². The molecule has 0 saturated carbocycles. The lowest BCUT2D eigenvalue weighted by Gasteiger charge is -2.11. The molecule has 0 aliphatic carbocycles. The molecule has 2 aromatic rings. The Balaban J connectivity index is 2.24. The summed E-state index contributed by atoms with van der Waals surface area (Å²) in [6, 6.07) is 5.73. The largest absolute Gasteiger partial charge is 0.506 e. The molecule has 2 N–H and O–H groups in total. The standard InChI is InChI=1S/C14H14F2N2O/c1-8-3-5-10(15)14(13(8)16)17-7-11-12(19)6-4-9(2)18-11/h3-6,17,19H,7H2,1-2H3. The van der Waals surface area contributed by atoms with Crippen molar-refractivity contribution in [1.29, 1.82) is 0 Å². The number of pyridine rings is 1. The molecule has 0 spiro atoms. The number of halogens is 2. The summed E-state index contributed by atoms with van der Waals surface area (Å²) >= 11 is 0. The molecule has 19 heavy (non-hydrogen) atoms. The minimum atomic E-state index is -0.671. The maximum absolute atomic E-state index is 13.8. The van der Waals surface area contributed by atoms with Crippen molar-refractivity contribution in [3.63, 3.8) is 0 Å². The molecule has 1 heterocycles. The van der Waals surface area contributed by atoms with E-state index in [0.717, 1.165) is 5.69 Å². The Morgan fingerprint density at radius 1 is 1.16 bits per heavy atom. The number of aromatic hydroxyl groups is 1. The average molecular weight is 264 g/mol. The Kier molecular flexibility index (Phi) is 3.64. The highest BCUT2D eigenvalue weighted by Crippen LogP contribution is 2.23. The van der Waals surface area contributed by atoms with Crippen molar-refractivity contribution >= 4 is 5.69 Å². The monoisotopic (exact) mass is 264 g/mol. The number of aromatic nitrogens is 1. The Hall–Kier alpha value is -2.17. The quantitative estimate of drug-likeness (QED) is 0.894. The summed E-state index contributed by atoms with van der Waals surface area (Å²) in [5, 5.41) is 12.3. The zero-order valence-electron chi connectivity index (χ0n) is 10.7. The number of nitrogens with zero attached hydrogens (tertiary/aromatic N) is 1. The first-order valence-corrected chi connectivity index (χ1v) is 5.83. The second-order valence-corrected chi connectivity index (χ2v) is 4.33. The lowest BCUT2D eigenvalue weighted by molar-refractivity contribution is 0.464. The summed E-state index contributed by atoms with van der Waals surface area (Å²) in [5.74, 6) is -1.31. The van der Waals surface area contributed by atoms with Crippen LogP contribution < -0.4 is 5.32 Å². The molecule has 3 nitrogen and oxygen atoms in total. The summed E-state index contributed by atoms with van der Waals surface area (Å²) < 4.78 is 27.3. The van der Waals surface area contributed by atoms with E-state index in [0.29, 0.717) is 11.3 Å². The fourth-order valence-corrected chi connectivity index (χ4v) is 1.72. The molecule has 0 unspecified atom stereocenters. The second-order valence-electron chi connectivity index (χ2n) is 4.33. The number of anilines is 1. The zero-order chi connectivity index (χ0) is 14.0. The van der Waals surface area contributed by atoms with Crippen molar-refractivity contribution in [3.8, 4) is 5.75 Å². The van der Waals surface area contributed by atoms with E-state index in [1.165, 1.54) is 18.2 Å². The van der Waals surface area contributed by atoms with Crippen LogP contribution in [0.5, 0.6) is 5.75 Å². The number of nitrogens with one attached hydrogen (secondary N) is 1. The van der Waals surface area contributed by atoms with E-state index >= 15 is 0 Å². The predicted molar refractivity (Wildman–Crippen MR) is 69.1 cm³/mol. The van der Waals surface area contributed by atoms with Gasteiger partial charge in [0.25, 0.3) is 0 Å². The van der Waals surface area contributed by atoms with Crippen LogP contribution in [0, 0.1) is 25.5 Å². The van der Waals surface area contributed by atoms with Gasteiger partial charge in [-0.2, -0.15) is 0 Å². The zero-order valence-corrected chi connectivity index (χ0v) is 10.7. The van der Waals surface area contributed by atoms with Crippen molar-refractivity contribution in [2.75, 3.05) is 5.32 Å². The van der Waals surface area contributed by atoms with Crippen molar-refractivity contribution in [1.82, 2.24) is 4.98 Å². The second kappa shape index (κ2) is 5.22. The van der Waals surface area contributed by atoms with Crippen molar-refractivity contribution in [3.05, 3.63) is 52.9 Å². The van der Waals surface area contributed by atoms with Gasteiger partial charge in [0.15, 0.2) is 5.82 Å². The first-order valence-electron chi connectivity index (χ1n) is 5.83. The van der Waals surface area contributed by atoms with Gasteiger partial charge in [0.2, 0.25) is 0 Å². The van der Waals surface area contributed by atoms with Crippen LogP contribution in [0.2, 0.25) is 0 Å². The SMILES string of the molecule is Cc1ccc(O)c(CNc2c(F)ccc(C)c2F)n1. The summed E-state index contributed by atoms with van der Waals surface area (Å²) in [7, 11) is 0. The summed E-state index contributed by atoms with van der Waals surface area (Å²) in [4.78, 5) is 4.11. The van der Waals surface area contributed by atoms with Gasteiger partial charge in [0.1, 0.15) is 22.9 Å². The molecule has 100 valence electrons. The molecule has 0 aliphatic heterocycles. The van der Waals surface area contributed by atoms with Crippen LogP contribution in [-0.2, 0) is 6.54 Å². The number of rotatable bonds is 3. The molecule has 0 saturated heterocycles. The van der Waals surface area contributed by atoms with Gasteiger partial charge < -0.3 is 10.4 Å². The van der Waals surface area contributed by atoms with Crippen LogP contribution in [0.15, 0.2) is 24.3 Å². The van der Waals surface area contributed by atoms with Crippen LogP contribution in [0.1, 0.15) is 17.0 Å². The highest BCUT2D eigenvalue weighted by atomic mass is 19.1. The molecule has 5 heteroatoms. The Bertz CT molecular complexity index is 615. The topological polar surface area (TPSA) is 45.1 Å². The summed E-state index contributed by atoms with van der Waals surface area (Å²) in [5.41, 5.74) is 1.22. The molecule has 1 aromatic carbocycles. The maximum Gasteiger partial charge on any atom is 0.152 e. The Morgan fingerprint density at radius 2 is 1.89 bits per heavy atom. The molecule has 0 radical (unpaired) electrons. The van der Waals surface area contributed by atoms with E-state index in [1.54, 1.807) is 19.9 Å². The van der Waals surface area contributed by atoms with Gasteiger partial charge in [-0.05, 0) is 37.6 Å². The van der Waals surface area contributed by atoms with Gasteiger partial charge in [0.05, 0.1) is 6.54 Å². The molecule has 2 rings (SSSR count). The van der Waals surface area contributed by atoms with Crippen molar-refractivity contribution in [2.24, 2.45) is 0 Å². The third-order valence-electron chi connectivity index (χ3n) is 2.81. The van der Waals surface area contributed by atoms with Gasteiger partial charge in [-0.15, -0.1) is 0 Å². The lowest BCUT2D eigenvalue weighted by atomic mass is 10.2. The number of hydrogen-bond donors (Lipinski definition) is 2. The fraction of sp³-hybridized carbons (Fsp3) is 0.214. The van der Waals surface area contributed by atoms with Gasteiger partial charge in [-0.25, -0.2) is 8.78 Å². The molecular weight excluding hydrogens is 250 g/mol. The van der Waals surface area contributed by atoms with E-state index < -0.39 is 11.6 Å². The normalized spacial score (nSPS) is 10.5. The van der Waals surface area contributed by atoms with Gasteiger partial charge in [-0.1, -0.05) is 6.07 Å². The summed E-state index contributed by atoms with van der Waals surface area (Å²) in [6.45, 7) is 3.38. The fourth-order valence-electron chi connectivity index (χ4n) is 1.72. The molecule has 0 bridgehead atoms. The first kappa shape index (κ1) is 13.3. The van der Waals surface area contributed by atoms with Crippen molar-refractivity contribution < 1.29 is 13.9 Å². The predicted octanol–water partition coefficient (Wildman–Crippen LogP) is 3.29. The van der Waals surface area contributed by atoms with Crippen LogP contribution in [-0.4, -0.2) is 10.1 Å². The Labute approximate surface area is 109 Å². The van der Waals surface area contributed by atoms with E-state index in [9.17, 15) is 13.9 Å². The summed E-state index contributed by atoms with van der Waals surface area (Å²) in [6.07, 6.45) is 0. The third-order valence-corrected chi connectivity index (χ3v) is 2.81. The van der Waals surface area contributed by atoms with Crippen LogP contribution in [0.4, 0.5) is 14.5 Å². The number of aryl methyl sites for hydroxylation is 2. The Morgan fingerprint density at radius 3 is 2.63 bits per heavy atom. The van der Waals surface area contributed by atoms with Gasteiger partial charge >= 0.3 is 0 Å². The first-order chi connectivity index (χ1) is 8.99. The van der Waals surface area contributed by atoms with Gasteiger partial charge in [-0.3, -0.25) is 4.98 Å². The highest BCUT2D eigenvalue weighted by molar-refractivity contribution is 5.49. The third kappa shape index (κ3) is 2.81. The highest BCUT2D eigenvalue weighted by Gasteiger charge is 2.12. The number of hydrogen-bond acceptors (Lipinski definition) is 3. The molecule has 0 amide bonds. The van der Waals surface area contributed by atoms with Crippen LogP contribution in [0.25, 0.3) is 0 Å². The average Bonchev–Trinajstić information content (AvgIpc) is 2.38.